The molecule has 0 saturated carbocycles. The van der Waals surface area contributed by atoms with E-state index in [1.807, 2.05) is 72.8 Å². The van der Waals surface area contributed by atoms with Crippen LogP contribution in [0.2, 0.25) is 0 Å². The Balaban J connectivity index is 2.57. The van der Waals surface area contributed by atoms with Crippen LogP contribution in [0.4, 0.5) is 0 Å². The highest BCUT2D eigenvalue weighted by Crippen LogP contribution is 2.58. The van der Waals surface area contributed by atoms with E-state index in [1.165, 1.54) is 0 Å². The van der Waals surface area contributed by atoms with Crippen LogP contribution in [-0.4, -0.2) is 31.4 Å². The van der Waals surface area contributed by atoms with Gasteiger partial charge in [0.2, 0.25) is 0 Å². The van der Waals surface area contributed by atoms with Crippen LogP contribution in [0, 0.1) is 0 Å². The van der Waals surface area contributed by atoms with Crippen LogP contribution in [0.25, 0.3) is 6.08 Å². The minimum atomic E-state index is -3.78. The summed E-state index contributed by atoms with van der Waals surface area (Å²) in [7, 11) is -3.78. The number of carbonyl (C=O) groups excluding carboxylic acids is 1. The van der Waals surface area contributed by atoms with Crippen molar-refractivity contribution in [3.8, 4) is 0 Å². The molecule has 6 heteroatoms. The van der Waals surface area contributed by atoms with Gasteiger partial charge in [-0.25, -0.2) is 0 Å². The molecule has 0 N–H and O–H groups in total. The first-order valence-electron chi connectivity index (χ1n) is 9.89. The van der Waals surface area contributed by atoms with E-state index in [4.69, 9.17) is 13.8 Å². The molecular weight excluding hydrogens is 387 g/mol. The fourth-order valence-corrected chi connectivity index (χ4v) is 5.22. The highest BCUT2D eigenvalue weighted by atomic mass is 31.2. The zero-order chi connectivity index (χ0) is 21.1. The predicted octanol–water partition coefficient (Wildman–Crippen LogP) is 5.68. The molecule has 2 atom stereocenters. The van der Waals surface area contributed by atoms with Gasteiger partial charge in [0.15, 0.2) is 5.66 Å². The SMILES string of the molecule is CCOC(=O)[C@H]([C@H](/C=C/c1ccccc1)c1ccccc1)P(=O)(OCC)OCC. The second kappa shape index (κ2) is 11.7. The first-order valence-corrected chi connectivity index (χ1v) is 11.5. The van der Waals surface area contributed by atoms with Gasteiger partial charge in [-0.15, -0.1) is 0 Å². The number of benzene rings is 2. The molecule has 0 aromatic heterocycles. The van der Waals surface area contributed by atoms with Crippen LogP contribution in [-0.2, 0) is 23.1 Å². The van der Waals surface area contributed by atoms with E-state index in [9.17, 15) is 9.36 Å². The van der Waals surface area contributed by atoms with Crippen molar-refractivity contribution in [2.45, 2.75) is 32.3 Å². The van der Waals surface area contributed by atoms with E-state index in [2.05, 4.69) is 0 Å². The van der Waals surface area contributed by atoms with E-state index in [-0.39, 0.29) is 19.8 Å². The Hall–Kier alpha value is -2.20. The van der Waals surface area contributed by atoms with Gasteiger partial charge in [-0.1, -0.05) is 72.8 Å². The lowest BCUT2D eigenvalue weighted by Gasteiger charge is -2.29. The predicted molar refractivity (Wildman–Crippen MR) is 116 cm³/mol. The average molecular weight is 416 g/mol. The first kappa shape index (κ1) is 23.1. The van der Waals surface area contributed by atoms with Crippen molar-refractivity contribution in [2.75, 3.05) is 19.8 Å². The smallest absolute Gasteiger partial charge is 0.345 e. The van der Waals surface area contributed by atoms with Crippen LogP contribution in [0.15, 0.2) is 66.7 Å². The Morgan fingerprint density at radius 3 is 1.97 bits per heavy atom. The molecule has 0 bridgehead atoms. The Morgan fingerprint density at radius 2 is 1.45 bits per heavy atom. The third-order valence-corrected chi connectivity index (χ3v) is 6.76. The Labute approximate surface area is 173 Å². The van der Waals surface area contributed by atoms with Crippen molar-refractivity contribution in [1.82, 2.24) is 0 Å². The van der Waals surface area contributed by atoms with Crippen molar-refractivity contribution >= 4 is 19.6 Å². The highest BCUT2D eigenvalue weighted by molar-refractivity contribution is 7.55. The summed E-state index contributed by atoms with van der Waals surface area (Å²) in [5.74, 6) is -1.14. The minimum Gasteiger partial charge on any atom is -0.465 e. The lowest BCUT2D eigenvalue weighted by molar-refractivity contribution is -0.143. The van der Waals surface area contributed by atoms with Crippen molar-refractivity contribution in [3.63, 3.8) is 0 Å². The highest BCUT2D eigenvalue weighted by Gasteiger charge is 2.47. The lowest BCUT2D eigenvalue weighted by Crippen LogP contribution is -2.31. The zero-order valence-electron chi connectivity index (χ0n) is 17.2. The summed E-state index contributed by atoms with van der Waals surface area (Å²) >= 11 is 0. The molecule has 0 heterocycles. The number of hydrogen-bond donors (Lipinski definition) is 0. The third-order valence-electron chi connectivity index (χ3n) is 4.31. The number of esters is 1. The molecule has 29 heavy (non-hydrogen) atoms. The quantitative estimate of drug-likeness (QED) is 0.348. The van der Waals surface area contributed by atoms with E-state index in [0.717, 1.165) is 11.1 Å². The molecule has 0 aliphatic rings. The van der Waals surface area contributed by atoms with Crippen molar-refractivity contribution in [3.05, 3.63) is 77.9 Å². The maximum absolute atomic E-state index is 13.7. The van der Waals surface area contributed by atoms with Gasteiger partial charge in [0.25, 0.3) is 0 Å². The lowest BCUT2D eigenvalue weighted by atomic mass is 9.94. The Kier molecular flexibility index (Phi) is 9.33. The van der Waals surface area contributed by atoms with Gasteiger partial charge < -0.3 is 13.8 Å². The van der Waals surface area contributed by atoms with Crippen LogP contribution in [0.5, 0.6) is 0 Å². The van der Waals surface area contributed by atoms with Gasteiger partial charge in [0.05, 0.1) is 19.8 Å². The molecule has 5 nitrogen and oxygen atoms in total. The normalized spacial score (nSPS) is 13.9. The van der Waals surface area contributed by atoms with Crippen LogP contribution in [0.3, 0.4) is 0 Å². The first-order chi connectivity index (χ1) is 14.1. The largest absolute Gasteiger partial charge is 0.465 e. The number of allylic oxidation sites excluding steroid dienone is 1. The second-order valence-corrected chi connectivity index (χ2v) is 8.43. The number of hydrogen-bond acceptors (Lipinski definition) is 5. The molecule has 156 valence electrons. The number of carbonyl (C=O) groups is 1. The van der Waals surface area contributed by atoms with Gasteiger partial charge in [0.1, 0.15) is 0 Å². The van der Waals surface area contributed by atoms with Crippen molar-refractivity contribution in [1.29, 1.82) is 0 Å². The van der Waals surface area contributed by atoms with Crippen LogP contribution >= 0.6 is 7.60 Å². The molecule has 0 aliphatic carbocycles. The maximum Gasteiger partial charge on any atom is 0.345 e. The summed E-state index contributed by atoms with van der Waals surface area (Å²) in [5.41, 5.74) is 0.695. The number of rotatable bonds is 11. The van der Waals surface area contributed by atoms with Gasteiger partial charge >= 0.3 is 13.6 Å². The molecule has 0 unspecified atom stereocenters. The van der Waals surface area contributed by atoms with Crippen molar-refractivity contribution < 1.29 is 23.1 Å². The Bertz CT molecular complexity index is 810. The van der Waals surface area contributed by atoms with Crippen LogP contribution < -0.4 is 0 Å². The second-order valence-electron chi connectivity index (χ2n) is 6.28. The fourth-order valence-electron chi connectivity index (χ4n) is 3.11. The molecule has 2 rings (SSSR count). The minimum absolute atomic E-state index is 0.164. The summed E-state index contributed by atoms with van der Waals surface area (Å²) < 4.78 is 30.1. The monoisotopic (exact) mass is 416 g/mol. The Morgan fingerprint density at radius 1 is 0.897 bits per heavy atom. The summed E-state index contributed by atoms with van der Waals surface area (Å²) in [6, 6.07) is 19.2. The zero-order valence-corrected chi connectivity index (χ0v) is 18.1. The molecule has 0 amide bonds. The van der Waals surface area contributed by atoms with Crippen molar-refractivity contribution in [2.24, 2.45) is 0 Å². The molecule has 2 aromatic rings. The summed E-state index contributed by atoms with van der Waals surface area (Å²) in [6.45, 7) is 5.68. The summed E-state index contributed by atoms with van der Waals surface area (Å²) in [4.78, 5) is 13.0. The number of ether oxygens (including phenoxy) is 1. The summed E-state index contributed by atoms with van der Waals surface area (Å²) in [6.07, 6.45) is 3.78. The fraction of sp³-hybridized carbons (Fsp3) is 0.348. The molecule has 0 fully saturated rings. The molecule has 0 spiro atoms. The topological polar surface area (TPSA) is 61.8 Å². The molecular formula is C23H29O5P. The van der Waals surface area contributed by atoms with E-state index in [0.29, 0.717) is 0 Å². The molecule has 2 aromatic carbocycles. The van der Waals surface area contributed by atoms with E-state index < -0.39 is 25.1 Å². The van der Waals surface area contributed by atoms with Gasteiger partial charge in [-0.2, -0.15) is 0 Å². The van der Waals surface area contributed by atoms with Gasteiger partial charge in [-0.05, 0) is 31.9 Å². The standard InChI is InChI=1S/C23H29O5P/c1-4-26-23(24)22(29(25,27-5-2)28-6-3)21(20-15-11-8-12-16-20)18-17-19-13-9-7-10-14-19/h7-18,21-22H,4-6H2,1-3H3/b18-17+/t21-,22+/m1/s1. The van der Waals surface area contributed by atoms with Crippen LogP contribution in [0.1, 0.15) is 37.8 Å². The average Bonchev–Trinajstić information content (AvgIpc) is 2.72. The molecule has 0 aliphatic heterocycles. The van der Waals surface area contributed by atoms with E-state index in [1.54, 1.807) is 20.8 Å². The molecule has 0 saturated heterocycles. The summed E-state index contributed by atoms with van der Waals surface area (Å²) in [5, 5.41) is 0. The third kappa shape index (κ3) is 6.40. The van der Waals surface area contributed by atoms with E-state index >= 15 is 0 Å². The maximum atomic E-state index is 13.7. The van der Waals surface area contributed by atoms with Gasteiger partial charge in [-0.3, -0.25) is 9.36 Å². The molecule has 0 radical (unpaired) electrons. The van der Waals surface area contributed by atoms with Gasteiger partial charge in [0, 0.05) is 5.92 Å².